The van der Waals surface area contributed by atoms with Crippen molar-refractivity contribution in [2.45, 2.75) is 39.9 Å². The second-order valence-corrected chi connectivity index (χ2v) is 8.69. The van der Waals surface area contributed by atoms with Gasteiger partial charge in [0.05, 0.1) is 10.0 Å². The van der Waals surface area contributed by atoms with E-state index in [0.717, 1.165) is 15.6 Å². The number of hydrogen-bond acceptors (Lipinski definition) is 5. The number of cyclic esters (lactones) is 1. The number of nitrogens with zero attached hydrogens (tertiary/aromatic N) is 1. The molecule has 7 heteroatoms. The number of benzene rings is 1. The first-order valence-corrected chi connectivity index (χ1v) is 9.73. The predicted octanol–water partition coefficient (Wildman–Crippen LogP) is 4.31. The smallest absolute Gasteiger partial charge is 0.410 e. The maximum atomic E-state index is 12.2. The van der Waals surface area contributed by atoms with Gasteiger partial charge in [-0.15, -0.1) is 0 Å². The summed E-state index contributed by atoms with van der Waals surface area (Å²) in [5.74, 6) is 0.473. The standard InChI is InChI=1S/C20H24BrNO5/c1-12-9-22(19(24)27-20(2,3)4)8-7-13(12)10-25-17-15-11-26-18(23)14(15)5-6-16(17)21/h5-7,12H,8-11H2,1-4H3. The second-order valence-electron chi connectivity index (χ2n) is 7.83. The van der Waals surface area contributed by atoms with Gasteiger partial charge in [-0.2, -0.15) is 0 Å². The lowest BCUT2D eigenvalue weighted by atomic mass is 9.97. The Hall–Kier alpha value is -2.02. The van der Waals surface area contributed by atoms with Gasteiger partial charge in [-0.05, 0) is 60.3 Å². The Labute approximate surface area is 167 Å². The SMILES string of the molecule is CC1CN(C(=O)OC(C)(C)C)CC=C1COc1c(Br)ccc2c1COC2=O. The minimum atomic E-state index is -0.507. The molecular formula is C20H24BrNO5. The van der Waals surface area contributed by atoms with Crippen molar-refractivity contribution in [1.29, 1.82) is 0 Å². The summed E-state index contributed by atoms with van der Waals surface area (Å²) in [4.78, 5) is 25.7. The van der Waals surface area contributed by atoms with Crippen molar-refractivity contribution in [1.82, 2.24) is 4.90 Å². The van der Waals surface area contributed by atoms with Gasteiger partial charge in [-0.3, -0.25) is 0 Å². The van der Waals surface area contributed by atoms with Crippen molar-refractivity contribution in [3.05, 3.63) is 39.4 Å². The molecule has 1 aromatic carbocycles. The van der Waals surface area contributed by atoms with Crippen LogP contribution in [0.25, 0.3) is 0 Å². The van der Waals surface area contributed by atoms with Crippen LogP contribution in [0.2, 0.25) is 0 Å². The van der Waals surface area contributed by atoms with Crippen LogP contribution >= 0.6 is 15.9 Å². The molecule has 2 heterocycles. The first-order valence-electron chi connectivity index (χ1n) is 8.94. The molecule has 2 aliphatic heterocycles. The van der Waals surface area contributed by atoms with E-state index in [1.807, 2.05) is 26.8 Å². The Bertz CT molecular complexity index is 796. The number of rotatable bonds is 3. The van der Waals surface area contributed by atoms with Crippen molar-refractivity contribution in [2.24, 2.45) is 5.92 Å². The molecule has 0 aliphatic carbocycles. The Balaban J connectivity index is 1.66. The number of halogens is 1. The zero-order chi connectivity index (χ0) is 19.8. The molecule has 0 spiro atoms. The predicted molar refractivity (Wildman–Crippen MR) is 104 cm³/mol. The number of carbonyl (C=O) groups excluding carboxylic acids is 2. The minimum Gasteiger partial charge on any atom is -0.488 e. The molecule has 2 aliphatic rings. The maximum absolute atomic E-state index is 12.2. The molecule has 0 radical (unpaired) electrons. The molecule has 1 amide bonds. The number of amides is 1. The van der Waals surface area contributed by atoms with Gasteiger partial charge in [-0.1, -0.05) is 13.0 Å². The Morgan fingerprint density at radius 1 is 1.37 bits per heavy atom. The molecule has 1 atom stereocenters. The normalized spacial score (nSPS) is 19.3. The summed E-state index contributed by atoms with van der Waals surface area (Å²) in [7, 11) is 0. The molecule has 0 N–H and O–H groups in total. The van der Waals surface area contributed by atoms with Gasteiger partial charge in [0.15, 0.2) is 0 Å². The fourth-order valence-electron chi connectivity index (χ4n) is 3.09. The third kappa shape index (κ3) is 4.46. The third-order valence-electron chi connectivity index (χ3n) is 4.52. The molecule has 1 aromatic rings. The molecule has 0 saturated carbocycles. The number of ether oxygens (including phenoxy) is 3. The lowest BCUT2D eigenvalue weighted by molar-refractivity contribution is 0.0240. The van der Waals surface area contributed by atoms with Crippen LogP contribution in [-0.4, -0.2) is 42.3 Å². The zero-order valence-corrected chi connectivity index (χ0v) is 17.6. The summed E-state index contributed by atoms with van der Waals surface area (Å²) >= 11 is 3.49. The van der Waals surface area contributed by atoms with Crippen LogP contribution in [0.15, 0.2) is 28.3 Å². The molecule has 146 valence electrons. The second kappa shape index (κ2) is 7.54. The fourth-order valence-corrected chi connectivity index (χ4v) is 3.57. The summed E-state index contributed by atoms with van der Waals surface area (Å²) in [6.45, 7) is 9.33. The molecule has 6 nitrogen and oxygen atoms in total. The highest BCUT2D eigenvalue weighted by Crippen LogP contribution is 2.36. The van der Waals surface area contributed by atoms with Crippen molar-refractivity contribution in [3.8, 4) is 5.75 Å². The highest BCUT2D eigenvalue weighted by molar-refractivity contribution is 9.10. The third-order valence-corrected chi connectivity index (χ3v) is 5.14. The number of carbonyl (C=O) groups is 2. The number of esters is 1. The van der Waals surface area contributed by atoms with Crippen molar-refractivity contribution >= 4 is 28.0 Å². The molecule has 1 unspecified atom stereocenters. The highest BCUT2D eigenvalue weighted by atomic mass is 79.9. The van der Waals surface area contributed by atoms with Crippen molar-refractivity contribution in [2.75, 3.05) is 19.7 Å². The summed E-state index contributed by atoms with van der Waals surface area (Å²) in [5, 5.41) is 0. The van der Waals surface area contributed by atoms with E-state index in [1.165, 1.54) is 0 Å². The fraction of sp³-hybridized carbons (Fsp3) is 0.500. The monoisotopic (exact) mass is 437 g/mol. The van der Waals surface area contributed by atoms with Crippen LogP contribution in [0.5, 0.6) is 5.75 Å². The van der Waals surface area contributed by atoms with Crippen LogP contribution in [0.4, 0.5) is 4.79 Å². The summed E-state index contributed by atoms with van der Waals surface area (Å²) in [5.41, 5.74) is 1.93. The van der Waals surface area contributed by atoms with Crippen LogP contribution in [-0.2, 0) is 16.1 Å². The quantitative estimate of drug-likeness (QED) is 0.520. The summed E-state index contributed by atoms with van der Waals surface area (Å²) in [6, 6.07) is 3.53. The van der Waals surface area contributed by atoms with E-state index in [2.05, 4.69) is 22.9 Å². The van der Waals surface area contributed by atoms with E-state index in [1.54, 1.807) is 17.0 Å². The molecule has 0 bridgehead atoms. The van der Waals surface area contributed by atoms with Crippen LogP contribution in [0, 0.1) is 5.92 Å². The number of fused-ring (bicyclic) bond motifs is 1. The van der Waals surface area contributed by atoms with Gasteiger partial charge in [0, 0.05) is 18.7 Å². The molecular weight excluding hydrogens is 414 g/mol. The molecule has 0 fully saturated rings. The van der Waals surface area contributed by atoms with Crippen LogP contribution < -0.4 is 4.74 Å². The molecule has 0 saturated heterocycles. The molecule has 27 heavy (non-hydrogen) atoms. The van der Waals surface area contributed by atoms with Crippen LogP contribution in [0.3, 0.4) is 0 Å². The van der Waals surface area contributed by atoms with E-state index >= 15 is 0 Å². The lowest BCUT2D eigenvalue weighted by Gasteiger charge is -2.32. The van der Waals surface area contributed by atoms with Gasteiger partial charge < -0.3 is 19.1 Å². The lowest BCUT2D eigenvalue weighted by Crippen LogP contribution is -2.42. The Kier molecular flexibility index (Phi) is 5.51. The largest absolute Gasteiger partial charge is 0.488 e. The van der Waals surface area contributed by atoms with Crippen molar-refractivity contribution < 1.29 is 23.8 Å². The first-order chi connectivity index (χ1) is 12.7. The maximum Gasteiger partial charge on any atom is 0.410 e. The zero-order valence-electron chi connectivity index (χ0n) is 16.0. The van der Waals surface area contributed by atoms with Crippen molar-refractivity contribution in [3.63, 3.8) is 0 Å². The summed E-state index contributed by atoms with van der Waals surface area (Å²) in [6.07, 6.45) is 1.71. The average molecular weight is 438 g/mol. The molecule has 0 aromatic heterocycles. The minimum absolute atomic E-state index is 0.152. The van der Waals surface area contributed by atoms with Gasteiger partial charge >= 0.3 is 12.1 Å². The van der Waals surface area contributed by atoms with Gasteiger partial charge in [0.1, 0.15) is 24.6 Å². The first kappa shape index (κ1) is 19.7. The molecule has 3 rings (SSSR count). The van der Waals surface area contributed by atoms with Gasteiger partial charge in [-0.25, -0.2) is 9.59 Å². The van der Waals surface area contributed by atoms with E-state index < -0.39 is 5.60 Å². The average Bonchev–Trinajstić information content (AvgIpc) is 2.94. The topological polar surface area (TPSA) is 65.1 Å². The Morgan fingerprint density at radius 3 is 2.78 bits per heavy atom. The van der Waals surface area contributed by atoms with E-state index in [0.29, 0.717) is 31.0 Å². The Morgan fingerprint density at radius 2 is 2.11 bits per heavy atom. The van der Waals surface area contributed by atoms with Gasteiger partial charge in [0.2, 0.25) is 0 Å². The van der Waals surface area contributed by atoms with E-state index in [9.17, 15) is 9.59 Å². The van der Waals surface area contributed by atoms with E-state index in [-0.39, 0.29) is 24.6 Å². The highest BCUT2D eigenvalue weighted by Gasteiger charge is 2.29. The summed E-state index contributed by atoms with van der Waals surface area (Å²) < 4.78 is 17.4. The van der Waals surface area contributed by atoms with Crippen LogP contribution in [0.1, 0.15) is 43.6 Å². The number of hydrogen-bond donors (Lipinski definition) is 0. The van der Waals surface area contributed by atoms with Gasteiger partial charge in [0.25, 0.3) is 0 Å². The van der Waals surface area contributed by atoms with E-state index in [4.69, 9.17) is 14.2 Å².